The van der Waals surface area contributed by atoms with Gasteiger partial charge in [0, 0.05) is 12.8 Å². The Labute approximate surface area is 296 Å². The highest BCUT2D eigenvalue weighted by Crippen LogP contribution is 2.36. The monoisotopic (exact) mass is 710 g/mol. The van der Waals surface area contributed by atoms with E-state index in [0.29, 0.717) is 29.2 Å². The van der Waals surface area contributed by atoms with Gasteiger partial charge >= 0.3 is 30.1 Å². The minimum atomic E-state index is -4.89. The van der Waals surface area contributed by atoms with Gasteiger partial charge in [-0.1, -0.05) is 18.2 Å². The fourth-order valence-corrected chi connectivity index (χ4v) is 6.48. The van der Waals surface area contributed by atoms with E-state index in [-0.39, 0.29) is 24.0 Å². The molecule has 0 radical (unpaired) electrons. The molecule has 3 aromatic rings. The summed E-state index contributed by atoms with van der Waals surface area (Å²) >= 11 is 0. The lowest BCUT2D eigenvalue weighted by atomic mass is 9.81. The molecule has 0 N–H and O–H groups in total. The normalized spacial score (nSPS) is 19.5. The highest BCUT2D eigenvalue weighted by atomic mass is 19.4. The van der Waals surface area contributed by atoms with Crippen LogP contribution in [-0.2, 0) is 23.7 Å². The zero-order valence-corrected chi connectivity index (χ0v) is 30.7. The number of hydrogen-bond acceptors (Lipinski definition) is 8. The molecule has 0 aliphatic heterocycles. The van der Waals surface area contributed by atoms with Crippen LogP contribution in [0.1, 0.15) is 101 Å². The topological polar surface area (TPSA) is 105 Å². The molecule has 3 atom stereocenters. The maximum Gasteiger partial charge on any atom is 0.425 e. The predicted octanol–water partition coefficient (Wildman–Crippen LogP) is 8.34. The third kappa shape index (κ3) is 8.98. The molecule has 0 aromatic heterocycles. The molecule has 1 saturated carbocycles. The highest BCUT2D eigenvalue weighted by molar-refractivity contribution is 5.94. The molecule has 1 aliphatic carbocycles. The molecule has 11 heteroatoms. The molecule has 51 heavy (non-hydrogen) atoms. The van der Waals surface area contributed by atoms with Crippen LogP contribution in [-0.4, -0.2) is 54.5 Å². The van der Waals surface area contributed by atoms with Crippen molar-refractivity contribution in [1.82, 2.24) is 0 Å². The third-order valence-electron chi connectivity index (χ3n) is 9.70. The Morgan fingerprint density at radius 3 is 1.25 bits per heavy atom. The Kier molecular flexibility index (Phi) is 11.7. The first kappa shape index (κ1) is 39.1. The average molecular weight is 711 g/mol. The first-order valence-corrected chi connectivity index (χ1v) is 16.8. The number of benzene rings is 3. The number of ether oxygens (including phenoxy) is 4. The van der Waals surface area contributed by atoms with E-state index < -0.39 is 60.4 Å². The molecule has 0 spiro atoms. The van der Waals surface area contributed by atoms with Gasteiger partial charge in [0.25, 0.3) is 0 Å². The van der Waals surface area contributed by atoms with Crippen LogP contribution in [0.5, 0.6) is 0 Å². The Bertz CT molecular complexity index is 1780. The molecule has 4 rings (SSSR count). The second-order valence-electron chi connectivity index (χ2n) is 13.8. The fraction of sp³-hybridized carbons (Fsp3) is 0.450. The van der Waals surface area contributed by atoms with E-state index in [1.54, 1.807) is 52.8 Å². The summed E-state index contributed by atoms with van der Waals surface area (Å²) in [5.74, 6) is -5.45. The summed E-state index contributed by atoms with van der Waals surface area (Å²) in [7, 11) is 0. The van der Waals surface area contributed by atoms with Crippen molar-refractivity contribution >= 4 is 23.9 Å². The first-order chi connectivity index (χ1) is 23.7. The quantitative estimate of drug-likeness (QED) is 0.170. The van der Waals surface area contributed by atoms with Crippen LogP contribution in [0.4, 0.5) is 13.2 Å². The van der Waals surface area contributed by atoms with Crippen molar-refractivity contribution in [2.75, 3.05) is 0 Å². The van der Waals surface area contributed by atoms with Gasteiger partial charge in [-0.3, -0.25) is 4.79 Å². The van der Waals surface area contributed by atoms with Gasteiger partial charge in [-0.15, -0.1) is 0 Å². The van der Waals surface area contributed by atoms with Crippen molar-refractivity contribution in [3.05, 3.63) is 103 Å². The summed E-state index contributed by atoms with van der Waals surface area (Å²) < 4.78 is 63.5. The SMILES string of the molecule is Cc1cc(C)c(C)c(C(=O)OC2CC(OC(=O)c3cc(C)cc(C)c3C)C(C(=O)OC(C)C(F)(F)F)C(OC(=O)c3cc(C)cc(C)c3C)C2)c1. The van der Waals surface area contributed by atoms with E-state index in [0.717, 1.165) is 33.4 Å². The van der Waals surface area contributed by atoms with Crippen LogP contribution in [0, 0.1) is 68.2 Å². The van der Waals surface area contributed by atoms with Crippen LogP contribution in [0.15, 0.2) is 36.4 Å². The number of alkyl halides is 3. The Hall–Kier alpha value is -4.67. The largest absolute Gasteiger partial charge is 0.458 e. The lowest BCUT2D eigenvalue weighted by molar-refractivity contribution is -0.224. The first-order valence-electron chi connectivity index (χ1n) is 16.8. The maximum absolute atomic E-state index is 13.8. The van der Waals surface area contributed by atoms with Crippen molar-refractivity contribution in [3.63, 3.8) is 0 Å². The summed E-state index contributed by atoms with van der Waals surface area (Å²) in [4.78, 5) is 54.8. The van der Waals surface area contributed by atoms with Gasteiger partial charge < -0.3 is 18.9 Å². The zero-order valence-electron chi connectivity index (χ0n) is 30.7. The van der Waals surface area contributed by atoms with Gasteiger partial charge in [0.2, 0.25) is 0 Å². The van der Waals surface area contributed by atoms with Gasteiger partial charge in [-0.25, -0.2) is 14.4 Å². The van der Waals surface area contributed by atoms with Crippen LogP contribution < -0.4 is 0 Å². The average Bonchev–Trinajstić information content (AvgIpc) is 3.01. The van der Waals surface area contributed by atoms with Gasteiger partial charge in [-0.2, -0.15) is 13.2 Å². The second-order valence-corrected chi connectivity index (χ2v) is 13.8. The van der Waals surface area contributed by atoms with E-state index >= 15 is 0 Å². The van der Waals surface area contributed by atoms with Crippen LogP contribution in [0.2, 0.25) is 0 Å². The molecule has 3 unspecified atom stereocenters. The number of hydrogen-bond donors (Lipinski definition) is 0. The molecule has 3 aromatic carbocycles. The molecule has 0 saturated heterocycles. The molecular formula is C40H45F3O8. The number of carbonyl (C=O) groups is 4. The lowest BCUT2D eigenvalue weighted by Gasteiger charge is -2.39. The standard InChI is InChI=1S/C40H45F3O8/c1-19-11-22(4)25(7)30(14-19)36(44)49-29-17-33(50-37(45)31-15-20(2)12-23(5)26(31)8)35(39(47)48-28(10)40(41,42)43)34(18-29)51-38(46)32-16-21(3)13-24(6)27(32)9/h11-16,28-29,33-35H,17-18H2,1-10H3. The number of rotatable bonds is 8. The third-order valence-corrected chi connectivity index (χ3v) is 9.70. The summed E-state index contributed by atoms with van der Waals surface area (Å²) in [5.41, 5.74) is 7.36. The number of carbonyl (C=O) groups excluding carboxylic acids is 4. The lowest BCUT2D eigenvalue weighted by Crippen LogP contribution is -2.52. The van der Waals surface area contributed by atoms with Crippen molar-refractivity contribution < 1.29 is 51.3 Å². The van der Waals surface area contributed by atoms with Crippen LogP contribution >= 0.6 is 0 Å². The number of halogens is 3. The number of esters is 4. The molecule has 1 fully saturated rings. The van der Waals surface area contributed by atoms with E-state index in [1.807, 2.05) is 45.9 Å². The van der Waals surface area contributed by atoms with Crippen molar-refractivity contribution in [2.45, 2.75) is 113 Å². The smallest absolute Gasteiger partial charge is 0.425 e. The van der Waals surface area contributed by atoms with Gasteiger partial charge in [0.15, 0.2) is 6.10 Å². The molecule has 0 amide bonds. The Morgan fingerprint density at radius 1 is 0.588 bits per heavy atom. The van der Waals surface area contributed by atoms with E-state index in [2.05, 4.69) is 0 Å². The van der Waals surface area contributed by atoms with Gasteiger partial charge in [0.1, 0.15) is 24.2 Å². The minimum absolute atomic E-state index is 0.188. The minimum Gasteiger partial charge on any atom is -0.458 e. The molecule has 8 nitrogen and oxygen atoms in total. The number of aryl methyl sites for hydroxylation is 6. The highest BCUT2D eigenvalue weighted by Gasteiger charge is 2.51. The van der Waals surface area contributed by atoms with Gasteiger partial charge in [0.05, 0.1) is 16.7 Å². The van der Waals surface area contributed by atoms with Crippen molar-refractivity contribution in [2.24, 2.45) is 5.92 Å². The second kappa shape index (κ2) is 15.3. The van der Waals surface area contributed by atoms with Gasteiger partial charge in [-0.05, 0) is 138 Å². The van der Waals surface area contributed by atoms with Crippen molar-refractivity contribution in [1.29, 1.82) is 0 Å². The van der Waals surface area contributed by atoms with E-state index in [4.69, 9.17) is 18.9 Å². The van der Waals surface area contributed by atoms with E-state index in [9.17, 15) is 32.3 Å². The van der Waals surface area contributed by atoms with E-state index in [1.165, 1.54) is 0 Å². The van der Waals surface area contributed by atoms with Crippen LogP contribution in [0.25, 0.3) is 0 Å². The summed E-state index contributed by atoms with van der Waals surface area (Å²) in [6, 6.07) is 10.5. The molecule has 0 heterocycles. The van der Waals surface area contributed by atoms with Crippen LogP contribution in [0.3, 0.4) is 0 Å². The predicted molar refractivity (Wildman–Crippen MR) is 184 cm³/mol. The Morgan fingerprint density at radius 2 is 0.922 bits per heavy atom. The summed E-state index contributed by atoms with van der Waals surface area (Å²) in [6.07, 6.45) is -12.0. The summed E-state index contributed by atoms with van der Waals surface area (Å²) in [5, 5.41) is 0. The molecule has 0 bridgehead atoms. The fourth-order valence-electron chi connectivity index (χ4n) is 6.48. The molecular weight excluding hydrogens is 665 g/mol. The zero-order chi connectivity index (χ0) is 38.1. The summed E-state index contributed by atoms with van der Waals surface area (Å²) in [6.45, 7) is 16.8. The molecule has 1 aliphatic rings. The Balaban J connectivity index is 1.80. The maximum atomic E-state index is 13.8. The van der Waals surface area contributed by atoms with Crippen molar-refractivity contribution in [3.8, 4) is 0 Å². The molecule has 274 valence electrons.